The van der Waals surface area contributed by atoms with Gasteiger partial charge in [-0.3, -0.25) is 37.9 Å². The third-order valence-corrected chi connectivity index (χ3v) is 16.2. The van der Waals surface area contributed by atoms with E-state index in [4.69, 9.17) is 34.1 Å². The molecule has 24 heteroatoms. The van der Waals surface area contributed by atoms with Crippen LogP contribution in [0.2, 0.25) is 0 Å². The van der Waals surface area contributed by atoms with Gasteiger partial charge in [0, 0.05) is 35.9 Å². The minimum atomic E-state index is -5.30. The molecule has 0 radical (unpaired) electrons. The van der Waals surface area contributed by atoms with Crippen LogP contribution in [-0.2, 0) is 52.9 Å². The summed E-state index contributed by atoms with van der Waals surface area (Å²) >= 11 is 0. The number of unbranched alkanes of at least 4 members (excludes halogenated alkanes) is 18. The molecule has 0 bridgehead atoms. The Morgan fingerprint density at radius 3 is 1.77 bits per heavy atom. The predicted molar refractivity (Wildman–Crippen MR) is 310 cm³/mol. The number of amides is 1. The first-order chi connectivity index (χ1) is 39.1. The van der Waals surface area contributed by atoms with Gasteiger partial charge in [0.1, 0.15) is 6.61 Å². The summed E-state index contributed by atoms with van der Waals surface area (Å²) in [6, 6.07) is 7.85. The average molecular weight is 1200 g/mol. The normalized spacial score (nSPS) is 13.2. The standard InChI is InChI=1S/C58H82N3O18PS2/c1-3-5-7-9-11-13-15-17-19-21-23-25-27-32-49(62)75-40-42(78-50(63)33-28-26-24-22-20-18-16-14-12-10-8-6-4-2)41-77-80(67,68)76-39-38-61-57(64)46-31-29-30-43(52(46)58(65)66)51-44-34-36-47(59)55(81(69,70)71)53(44)79-54-45(51)35-37-48(60)56(54)82(72,73)74/h13-16,29-31,34-37,42,59H,3-12,17-28,32-33,38-41,60H2,1-2H3,(H,61,64)(H,65,66)(H,67,68)(H,69,70,71)(H,72,73,74)/b15-13-,16-14-,59-47?/t42-/m1/s1. The van der Waals surface area contributed by atoms with E-state index >= 15 is 0 Å². The molecule has 82 heavy (non-hydrogen) atoms. The van der Waals surface area contributed by atoms with Gasteiger partial charge in [-0.05, 0) is 100 Å². The van der Waals surface area contributed by atoms with Crippen molar-refractivity contribution in [2.24, 2.45) is 0 Å². The van der Waals surface area contributed by atoms with Crippen LogP contribution >= 0.6 is 7.82 Å². The SMILES string of the molecule is CCCCCC/C=C\CCCCCCCC(=O)OC[C@H](COP(=O)(O)OCCNC(=O)c1cccc(-c2c3ccc(=N)c(S(=O)(=O)O)c-3oc3c(S(=O)(=O)O)c(N)ccc23)c1C(=O)O)OC(=O)CCCCCCC/C=C\CCCCCC. The van der Waals surface area contributed by atoms with Gasteiger partial charge < -0.3 is 34.9 Å². The van der Waals surface area contributed by atoms with Crippen LogP contribution in [-0.4, -0.2) is 92.2 Å². The number of nitrogens with one attached hydrogen (secondary N) is 2. The zero-order valence-corrected chi connectivity index (χ0v) is 49.6. The number of phosphoric ester groups is 1. The number of ether oxygens (including phenoxy) is 2. The quantitative estimate of drug-likeness (QED) is 0.00413. The largest absolute Gasteiger partial charge is 0.478 e. The fourth-order valence-electron chi connectivity index (χ4n) is 9.20. The van der Waals surface area contributed by atoms with Crippen LogP contribution in [0.15, 0.2) is 81.0 Å². The van der Waals surface area contributed by atoms with Crippen molar-refractivity contribution in [1.29, 1.82) is 5.41 Å². The summed E-state index contributed by atoms with van der Waals surface area (Å²) in [6.07, 6.45) is 30.6. The van der Waals surface area contributed by atoms with Gasteiger partial charge in [0.25, 0.3) is 26.1 Å². The molecule has 2 atom stereocenters. The zero-order valence-electron chi connectivity index (χ0n) is 47.1. The molecule has 2 aromatic rings. The maximum atomic E-state index is 13.7. The summed E-state index contributed by atoms with van der Waals surface area (Å²) < 4.78 is 111. The summed E-state index contributed by atoms with van der Waals surface area (Å²) in [5.41, 5.74) is 2.42. The Kier molecular flexibility index (Phi) is 29.6. The number of carbonyl (C=O) groups excluding carboxylic acids is 3. The van der Waals surface area contributed by atoms with Gasteiger partial charge in [-0.15, -0.1) is 0 Å². The van der Waals surface area contributed by atoms with Crippen molar-refractivity contribution >= 4 is 68.5 Å². The molecule has 1 aliphatic carbocycles. The van der Waals surface area contributed by atoms with Gasteiger partial charge >= 0.3 is 25.7 Å². The number of carboxylic acid groups (broad SMARTS) is 1. The lowest BCUT2D eigenvalue weighted by atomic mass is 9.88. The predicted octanol–water partition coefficient (Wildman–Crippen LogP) is 12.3. The number of esters is 2. The molecule has 0 aromatic heterocycles. The highest BCUT2D eigenvalue weighted by Crippen LogP contribution is 2.46. The molecule has 454 valence electrons. The number of allylic oxidation sites excluding steroid dienone is 4. The smallest absolute Gasteiger partial charge is 0.472 e. The van der Waals surface area contributed by atoms with Gasteiger partial charge in [0.05, 0.1) is 35.4 Å². The number of phosphoric acid groups is 1. The van der Waals surface area contributed by atoms with E-state index in [0.717, 1.165) is 101 Å². The molecular weight excluding hydrogens is 1120 g/mol. The number of anilines is 1. The Balaban J connectivity index is 1.39. The molecule has 4 rings (SSSR count). The van der Waals surface area contributed by atoms with Crippen LogP contribution in [0.25, 0.3) is 33.4 Å². The number of carbonyl (C=O) groups is 4. The highest BCUT2D eigenvalue weighted by Gasteiger charge is 2.33. The number of nitrogens with two attached hydrogens (primary N) is 1. The lowest BCUT2D eigenvalue weighted by Crippen LogP contribution is -2.30. The van der Waals surface area contributed by atoms with Crippen LogP contribution in [0, 0.1) is 5.41 Å². The summed E-state index contributed by atoms with van der Waals surface area (Å²) in [5.74, 6) is -4.76. The number of benzene rings is 3. The lowest BCUT2D eigenvalue weighted by molar-refractivity contribution is -0.161. The molecule has 0 fully saturated rings. The summed E-state index contributed by atoms with van der Waals surface area (Å²) in [6.45, 7) is 2.01. The first-order valence-electron chi connectivity index (χ1n) is 28.3. The molecule has 0 saturated carbocycles. The Morgan fingerprint density at radius 1 is 0.683 bits per heavy atom. The van der Waals surface area contributed by atoms with Crippen molar-refractivity contribution in [2.45, 2.75) is 184 Å². The minimum absolute atomic E-state index is 0.0522. The van der Waals surface area contributed by atoms with E-state index in [-0.39, 0.29) is 34.9 Å². The fourth-order valence-corrected chi connectivity index (χ4v) is 11.4. The number of hydrogen-bond donors (Lipinski definition) is 7. The number of carboxylic acids is 1. The lowest BCUT2D eigenvalue weighted by Gasteiger charge is -2.21. The maximum Gasteiger partial charge on any atom is 0.472 e. The van der Waals surface area contributed by atoms with Crippen LogP contribution in [0.5, 0.6) is 0 Å². The topological polar surface area (TPSA) is 347 Å². The van der Waals surface area contributed by atoms with Crippen molar-refractivity contribution in [3.63, 3.8) is 0 Å². The van der Waals surface area contributed by atoms with E-state index in [1.165, 1.54) is 69.6 Å². The van der Waals surface area contributed by atoms with Gasteiger partial charge in [0.15, 0.2) is 27.2 Å². The van der Waals surface area contributed by atoms with Gasteiger partial charge in [0.2, 0.25) is 0 Å². The second-order valence-electron chi connectivity index (χ2n) is 20.0. The number of hydrogen-bond acceptors (Lipinski definition) is 16. The maximum absolute atomic E-state index is 13.7. The molecule has 2 aliphatic rings. The highest BCUT2D eigenvalue weighted by atomic mass is 32.2. The number of fused-ring (bicyclic) bond motifs is 2. The molecular formula is C58H82N3O18PS2. The molecule has 1 heterocycles. The second-order valence-corrected chi connectivity index (χ2v) is 24.2. The van der Waals surface area contributed by atoms with Crippen molar-refractivity contribution in [3.05, 3.63) is 83.3 Å². The first kappa shape index (κ1) is 68.7. The summed E-state index contributed by atoms with van der Waals surface area (Å²) in [5, 5.41) is 20.1. The molecule has 0 saturated heterocycles. The molecule has 21 nitrogen and oxygen atoms in total. The molecule has 0 spiro atoms. The van der Waals surface area contributed by atoms with E-state index in [2.05, 4.69) is 43.5 Å². The van der Waals surface area contributed by atoms with Crippen LogP contribution in [0.3, 0.4) is 0 Å². The van der Waals surface area contributed by atoms with Crippen molar-refractivity contribution in [1.82, 2.24) is 5.32 Å². The van der Waals surface area contributed by atoms with E-state index in [1.54, 1.807) is 0 Å². The monoisotopic (exact) mass is 1200 g/mol. The minimum Gasteiger partial charge on any atom is -0.478 e. The number of aromatic carboxylic acids is 1. The van der Waals surface area contributed by atoms with E-state index in [9.17, 15) is 59.7 Å². The molecule has 1 amide bonds. The Labute approximate surface area is 481 Å². The number of rotatable bonds is 41. The van der Waals surface area contributed by atoms with E-state index in [1.807, 2.05) is 0 Å². The third-order valence-electron chi connectivity index (χ3n) is 13.4. The highest BCUT2D eigenvalue weighted by molar-refractivity contribution is 7.86. The van der Waals surface area contributed by atoms with Crippen LogP contribution in [0.1, 0.15) is 189 Å². The Bertz CT molecular complexity index is 3100. The fraction of sp³-hybridized carbons (Fsp3) is 0.534. The Morgan fingerprint density at radius 2 is 1.22 bits per heavy atom. The third kappa shape index (κ3) is 23.1. The van der Waals surface area contributed by atoms with Crippen LogP contribution < -0.4 is 16.4 Å². The molecule has 2 aromatic carbocycles. The van der Waals surface area contributed by atoms with Crippen molar-refractivity contribution in [2.75, 3.05) is 32.1 Å². The molecule has 1 aliphatic heterocycles. The van der Waals surface area contributed by atoms with E-state index in [0.29, 0.717) is 12.8 Å². The van der Waals surface area contributed by atoms with Gasteiger partial charge in [-0.1, -0.05) is 127 Å². The van der Waals surface area contributed by atoms with Crippen molar-refractivity contribution in [3.8, 4) is 22.5 Å². The molecule has 8 N–H and O–H groups in total. The zero-order chi connectivity index (χ0) is 60.1. The van der Waals surface area contributed by atoms with Crippen LogP contribution in [0.4, 0.5) is 5.69 Å². The second kappa shape index (κ2) is 35.4. The number of nitrogen functional groups attached to an aromatic ring is 1. The summed E-state index contributed by atoms with van der Waals surface area (Å²) in [7, 11) is -15.5. The Hall–Kier alpha value is -5.78. The van der Waals surface area contributed by atoms with Crippen molar-refractivity contribution < 1.29 is 82.6 Å². The van der Waals surface area contributed by atoms with Gasteiger partial charge in [-0.2, -0.15) is 16.8 Å². The average Bonchev–Trinajstić information content (AvgIpc) is 1.03. The summed E-state index contributed by atoms with van der Waals surface area (Å²) in [4.78, 5) is 61.0. The molecule has 1 unspecified atom stereocenters. The van der Waals surface area contributed by atoms with E-state index < -0.39 is 128 Å². The first-order valence-corrected chi connectivity index (χ1v) is 32.7. The van der Waals surface area contributed by atoms with Gasteiger partial charge in [-0.25, -0.2) is 9.36 Å².